The van der Waals surface area contributed by atoms with Gasteiger partial charge in [0.2, 0.25) is 21.1 Å². The number of nitrogen functional groups attached to an aromatic ring is 1. The van der Waals surface area contributed by atoms with Crippen molar-refractivity contribution in [3.63, 3.8) is 0 Å². The summed E-state index contributed by atoms with van der Waals surface area (Å²) in [5.41, 5.74) is 3.48. The number of benzene rings is 1. The SMILES string of the molecule is Cc1cc(C)n(-c2nnc(SCC(=O)Nc3cc(S(N)(=O)=O)cc(C)c3C)n2N)n1. The van der Waals surface area contributed by atoms with Gasteiger partial charge in [0.25, 0.3) is 5.95 Å². The maximum atomic E-state index is 12.4. The van der Waals surface area contributed by atoms with E-state index in [0.29, 0.717) is 22.4 Å². The van der Waals surface area contributed by atoms with Gasteiger partial charge in [0.05, 0.1) is 16.3 Å². The summed E-state index contributed by atoms with van der Waals surface area (Å²) < 4.78 is 26.1. The number of hydrogen-bond acceptors (Lipinski definition) is 8. The zero-order valence-electron chi connectivity index (χ0n) is 16.9. The minimum Gasteiger partial charge on any atom is -0.334 e. The molecule has 0 saturated carbocycles. The molecule has 1 amide bonds. The molecule has 0 spiro atoms. The highest BCUT2D eigenvalue weighted by Crippen LogP contribution is 2.24. The maximum absolute atomic E-state index is 12.4. The number of amides is 1. The van der Waals surface area contributed by atoms with Gasteiger partial charge in [0, 0.05) is 11.4 Å². The molecule has 0 fully saturated rings. The molecule has 0 bridgehead atoms. The number of thioether (sulfide) groups is 1. The molecule has 5 N–H and O–H groups in total. The average molecular weight is 451 g/mol. The number of nitrogens with one attached hydrogen (secondary N) is 1. The Kier molecular flexibility index (Phi) is 5.87. The summed E-state index contributed by atoms with van der Waals surface area (Å²) >= 11 is 1.09. The Morgan fingerprint density at radius 3 is 2.47 bits per heavy atom. The summed E-state index contributed by atoms with van der Waals surface area (Å²) in [5, 5.41) is 20.6. The van der Waals surface area contributed by atoms with Crippen molar-refractivity contribution in [2.75, 3.05) is 16.9 Å². The Morgan fingerprint density at radius 1 is 1.17 bits per heavy atom. The third kappa shape index (κ3) is 4.47. The van der Waals surface area contributed by atoms with Crippen LogP contribution in [0, 0.1) is 27.7 Å². The van der Waals surface area contributed by atoms with E-state index in [2.05, 4.69) is 20.6 Å². The van der Waals surface area contributed by atoms with Gasteiger partial charge in [-0.25, -0.2) is 22.9 Å². The number of aryl methyl sites for hydroxylation is 3. The van der Waals surface area contributed by atoms with Crippen molar-refractivity contribution in [1.29, 1.82) is 0 Å². The topological polar surface area (TPSA) is 164 Å². The molecule has 3 rings (SSSR count). The summed E-state index contributed by atoms with van der Waals surface area (Å²) in [7, 11) is -3.89. The van der Waals surface area contributed by atoms with Crippen LogP contribution in [-0.2, 0) is 14.8 Å². The van der Waals surface area contributed by atoms with E-state index in [1.165, 1.54) is 16.8 Å². The number of hydrogen-bond donors (Lipinski definition) is 3. The molecule has 2 aromatic heterocycles. The van der Waals surface area contributed by atoms with E-state index in [9.17, 15) is 13.2 Å². The third-order valence-electron chi connectivity index (χ3n) is 4.42. The van der Waals surface area contributed by atoms with E-state index >= 15 is 0 Å². The van der Waals surface area contributed by atoms with E-state index in [4.69, 9.17) is 11.0 Å². The number of nitrogens with two attached hydrogens (primary N) is 2. The molecule has 2 heterocycles. The monoisotopic (exact) mass is 450 g/mol. The zero-order chi connectivity index (χ0) is 22.2. The molecule has 13 heteroatoms. The number of carbonyl (C=O) groups excluding carboxylic acids is 1. The normalized spacial score (nSPS) is 11.6. The molecule has 3 aromatic rings. The quantitative estimate of drug-likeness (QED) is 0.366. The van der Waals surface area contributed by atoms with Crippen LogP contribution in [-0.4, -0.2) is 44.7 Å². The number of aromatic nitrogens is 5. The van der Waals surface area contributed by atoms with E-state index in [-0.39, 0.29) is 16.6 Å². The standard InChI is InChI=1S/C17H22N8O3S2/c1-9-5-13(30(19,27)28)7-14(12(9)4)20-15(26)8-29-17-22-21-16(24(17)18)25-11(3)6-10(2)23-25/h5-7H,8,18H2,1-4H3,(H,20,26)(H2,19,27,28). The fourth-order valence-corrected chi connectivity index (χ4v) is 4.06. The summed E-state index contributed by atoms with van der Waals surface area (Å²) in [4.78, 5) is 12.4. The molecular formula is C17H22N8O3S2. The predicted molar refractivity (Wildman–Crippen MR) is 113 cm³/mol. The van der Waals surface area contributed by atoms with Crippen molar-refractivity contribution in [3.8, 4) is 5.95 Å². The highest BCUT2D eigenvalue weighted by molar-refractivity contribution is 7.99. The van der Waals surface area contributed by atoms with Gasteiger partial charge in [-0.1, -0.05) is 11.8 Å². The Hall–Kier alpha value is -2.90. The van der Waals surface area contributed by atoms with E-state index in [0.717, 1.165) is 28.7 Å². The van der Waals surface area contributed by atoms with Crippen LogP contribution >= 0.6 is 11.8 Å². The molecule has 30 heavy (non-hydrogen) atoms. The lowest BCUT2D eigenvalue weighted by atomic mass is 10.1. The van der Waals surface area contributed by atoms with Gasteiger partial charge in [0.15, 0.2) is 0 Å². The van der Waals surface area contributed by atoms with Gasteiger partial charge in [0.1, 0.15) is 0 Å². The second kappa shape index (κ2) is 8.08. The van der Waals surface area contributed by atoms with Crippen LogP contribution in [0.2, 0.25) is 0 Å². The first-order chi connectivity index (χ1) is 14.0. The summed E-state index contributed by atoms with van der Waals surface area (Å²) in [6.45, 7) is 7.25. The van der Waals surface area contributed by atoms with Crippen molar-refractivity contribution < 1.29 is 13.2 Å². The molecule has 11 nitrogen and oxygen atoms in total. The van der Waals surface area contributed by atoms with Crippen molar-refractivity contribution in [2.45, 2.75) is 37.7 Å². The van der Waals surface area contributed by atoms with E-state index in [1.807, 2.05) is 19.9 Å². The Morgan fingerprint density at radius 2 is 1.87 bits per heavy atom. The fourth-order valence-electron chi connectivity index (χ4n) is 2.78. The van der Waals surface area contributed by atoms with Crippen molar-refractivity contribution in [2.24, 2.45) is 5.14 Å². The number of nitrogens with zero attached hydrogens (tertiary/aromatic N) is 5. The second-order valence-corrected chi connectivity index (χ2v) is 9.29. The fraction of sp³-hybridized carbons (Fsp3) is 0.294. The first-order valence-corrected chi connectivity index (χ1v) is 11.3. The van der Waals surface area contributed by atoms with Crippen molar-refractivity contribution >= 4 is 33.4 Å². The predicted octanol–water partition coefficient (Wildman–Crippen LogP) is 0.789. The maximum Gasteiger partial charge on any atom is 0.271 e. The number of anilines is 1. The lowest BCUT2D eigenvalue weighted by Crippen LogP contribution is -2.19. The van der Waals surface area contributed by atoms with Crippen molar-refractivity contribution in [3.05, 3.63) is 40.7 Å². The number of rotatable bonds is 6. The minimum absolute atomic E-state index is 0.00938. The second-order valence-electron chi connectivity index (χ2n) is 6.79. The van der Waals surface area contributed by atoms with Crippen LogP contribution in [0.25, 0.3) is 5.95 Å². The Labute approximate surface area is 177 Å². The van der Waals surface area contributed by atoms with Crippen LogP contribution in [0.1, 0.15) is 22.5 Å². The minimum atomic E-state index is -3.89. The number of primary sulfonamides is 1. The summed E-state index contributed by atoms with van der Waals surface area (Å²) in [6, 6.07) is 4.69. The highest BCUT2D eigenvalue weighted by Gasteiger charge is 2.18. The molecule has 0 radical (unpaired) electrons. The first-order valence-electron chi connectivity index (χ1n) is 8.78. The smallest absolute Gasteiger partial charge is 0.271 e. The average Bonchev–Trinajstić information content (AvgIpc) is 3.17. The first kappa shape index (κ1) is 21.8. The van der Waals surface area contributed by atoms with Crippen molar-refractivity contribution in [1.82, 2.24) is 24.7 Å². The van der Waals surface area contributed by atoms with Crippen LogP contribution in [0.3, 0.4) is 0 Å². The number of sulfonamides is 1. The number of carbonyl (C=O) groups is 1. The molecular weight excluding hydrogens is 428 g/mol. The molecule has 0 unspecified atom stereocenters. The molecule has 0 aliphatic carbocycles. The van der Waals surface area contributed by atoms with Gasteiger partial charge in [-0.05, 0) is 57.0 Å². The van der Waals surface area contributed by atoms with Crippen LogP contribution in [0.15, 0.2) is 28.3 Å². The lowest BCUT2D eigenvalue weighted by Gasteiger charge is -2.12. The Bertz CT molecular complexity index is 1230. The van der Waals surface area contributed by atoms with E-state index < -0.39 is 10.0 Å². The van der Waals surface area contributed by atoms with Gasteiger partial charge >= 0.3 is 0 Å². The molecule has 1 aromatic carbocycles. The molecule has 0 saturated heterocycles. The lowest BCUT2D eigenvalue weighted by molar-refractivity contribution is -0.113. The summed E-state index contributed by atoms with van der Waals surface area (Å²) in [6.07, 6.45) is 0. The van der Waals surface area contributed by atoms with Gasteiger partial charge in [-0.2, -0.15) is 5.10 Å². The summed E-state index contributed by atoms with van der Waals surface area (Å²) in [5.74, 6) is 6.03. The van der Waals surface area contributed by atoms with Crippen LogP contribution < -0.4 is 16.3 Å². The van der Waals surface area contributed by atoms with Gasteiger partial charge < -0.3 is 11.2 Å². The third-order valence-corrected chi connectivity index (χ3v) is 6.26. The largest absolute Gasteiger partial charge is 0.334 e. The zero-order valence-corrected chi connectivity index (χ0v) is 18.5. The van der Waals surface area contributed by atoms with Gasteiger partial charge in [-0.3, -0.25) is 4.79 Å². The van der Waals surface area contributed by atoms with E-state index in [1.54, 1.807) is 18.5 Å². The van der Waals surface area contributed by atoms with Gasteiger partial charge in [-0.15, -0.1) is 10.2 Å². The van der Waals surface area contributed by atoms with Crippen LogP contribution in [0.4, 0.5) is 5.69 Å². The Balaban J connectivity index is 1.73. The van der Waals surface area contributed by atoms with Crippen LogP contribution in [0.5, 0.6) is 0 Å². The molecule has 0 aliphatic heterocycles. The highest BCUT2D eigenvalue weighted by atomic mass is 32.2. The molecule has 0 aliphatic rings. The molecule has 0 atom stereocenters. The molecule has 160 valence electrons.